The van der Waals surface area contributed by atoms with E-state index >= 15 is 0 Å². The summed E-state index contributed by atoms with van der Waals surface area (Å²) < 4.78 is 52.3. The first-order valence-corrected chi connectivity index (χ1v) is 11.0. The smallest absolute Gasteiger partial charge is 0.416 e. The number of thioether (sulfide) groups is 1. The highest BCUT2D eigenvalue weighted by Crippen LogP contribution is 2.32. The number of halogens is 3. The summed E-state index contributed by atoms with van der Waals surface area (Å²) in [6.45, 7) is -0.0549. The van der Waals surface area contributed by atoms with Gasteiger partial charge < -0.3 is 14.5 Å². The number of rotatable bonds is 9. The molecule has 4 rings (SSSR count). The van der Waals surface area contributed by atoms with Crippen LogP contribution in [0.5, 0.6) is 11.5 Å². The maximum atomic E-state index is 13.3. The molecule has 0 amide bonds. The van der Waals surface area contributed by atoms with Gasteiger partial charge >= 0.3 is 6.18 Å². The fraction of sp³-hybridized carbons (Fsp3) is 0.174. The van der Waals surface area contributed by atoms with Gasteiger partial charge in [0.15, 0.2) is 16.8 Å². The van der Waals surface area contributed by atoms with E-state index in [-0.39, 0.29) is 34.8 Å². The number of nitrogens with zero attached hydrogens (tertiary/aromatic N) is 3. The van der Waals surface area contributed by atoms with Gasteiger partial charge in [-0.1, -0.05) is 17.8 Å². The van der Waals surface area contributed by atoms with Crippen LogP contribution in [-0.2, 0) is 12.8 Å². The summed E-state index contributed by atoms with van der Waals surface area (Å²) in [6.07, 6.45) is -2.88. The first-order valence-electron chi connectivity index (χ1n) is 10.0. The van der Waals surface area contributed by atoms with E-state index in [0.717, 1.165) is 23.9 Å². The average Bonchev–Trinajstić information content (AvgIpc) is 3.51. The van der Waals surface area contributed by atoms with Crippen molar-refractivity contribution in [2.24, 2.45) is 0 Å². The Morgan fingerprint density at radius 3 is 2.50 bits per heavy atom. The Balaban J connectivity index is 1.62. The number of Topliss-reactive ketones (excluding diaryl/α,β-unsaturated/α-hetero) is 1. The number of hydrogen-bond donors (Lipinski definition) is 1. The van der Waals surface area contributed by atoms with Gasteiger partial charge in [0, 0.05) is 6.20 Å². The second kappa shape index (κ2) is 10.0. The van der Waals surface area contributed by atoms with Gasteiger partial charge in [0.2, 0.25) is 0 Å². The Bertz CT molecular complexity index is 1260. The minimum absolute atomic E-state index is 0.0247. The molecule has 0 unspecified atom stereocenters. The molecule has 0 saturated carbocycles. The van der Waals surface area contributed by atoms with E-state index in [9.17, 15) is 18.0 Å². The van der Waals surface area contributed by atoms with E-state index < -0.39 is 11.7 Å². The third-order valence-electron chi connectivity index (χ3n) is 4.79. The van der Waals surface area contributed by atoms with Gasteiger partial charge in [0.1, 0.15) is 18.1 Å². The molecule has 0 radical (unpaired) electrons. The lowest BCUT2D eigenvalue weighted by Gasteiger charge is -2.13. The van der Waals surface area contributed by atoms with Crippen LogP contribution in [-0.4, -0.2) is 38.4 Å². The summed E-state index contributed by atoms with van der Waals surface area (Å²) >= 11 is 1.08. The molecule has 2 aromatic carbocycles. The minimum Gasteiger partial charge on any atom is -0.497 e. The Kier molecular flexibility index (Phi) is 6.92. The standard InChI is InChI=1S/C23H19F3N4O3S/c1-32-17-7-9-18(10-8-17)33-13-21-28-29-22(34-14-20(31)19-6-3-11-27-19)30(21)16-5-2-4-15(12-16)23(24,25)26/h2-12,27H,13-14H2,1H3. The van der Waals surface area contributed by atoms with E-state index in [1.54, 1.807) is 49.7 Å². The molecule has 2 aromatic heterocycles. The van der Waals surface area contributed by atoms with Gasteiger partial charge in [-0.25, -0.2) is 0 Å². The average molecular weight is 488 g/mol. The van der Waals surface area contributed by atoms with Gasteiger partial charge in [0.05, 0.1) is 29.8 Å². The molecule has 176 valence electrons. The molecule has 0 atom stereocenters. The van der Waals surface area contributed by atoms with Crippen LogP contribution in [0, 0.1) is 0 Å². The topological polar surface area (TPSA) is 82.0 Å². The van der Waals surface area contributed by atoms with Crippen molar-refractivity contribution in [2.75, 3.05) is 12.9 Å². The van der Waals surface area contributed by atoms with Crippen molar-refractivity contribution >= 4 is 17.5 Å². The SMILES string of the molecule is COc1ccc(OCc2nnc(SCC(=O)c3ccc[nH]3)n2-c2cccc(C(F)(F)F)c2)cc1. The highest BCUT2D eigenvalue weighted by molar-refractivity contribution is 7.99. The van der Waals surface area contributed by atoms with Crippen molar-refractivity contribution < 1.29 is 27.4 Å². The first kappa shape index (κ1) is 23.4. The van der Waals surface area contributed by atoms with Crippen molar-refractivity contribution in [3.8, 4) is 17.2 Å². The third kappa shape index (κ3) is 5.42. The van der Waals surface area contributed by atoms with E-state index in [4.69, 9.17) is 9.47 Å². The lowest BCUT2D eigenvalue weighted by Crippen LogP contribution is -2.10. The number of carbonyl (C=O) groups excluding carboxylic acids is 1. The predicted molar refractivity (Wildman–Crippen MR) is 120 cm³/mol. The summed E-state index contributed by atoms with van der Waals surface area (Å²) in [6, 6.07) is 15.0. The number of ether oxygens (including phenoxy) is 2. The number of H-pyrrole nitrogens is 1. The highest BCUT2D eigenvalue weighted by atomic mass is 32.2. The van der Waals surface area contributed by atoms with Gasteiger partial charge in [-0.05, 0) is 54.6 Å². The largest absolute Gasteiger partial charge is 0.497 e. The second-order valence-electron chi connectivity index (χ2n) is 7.04. The number of aromatic nitrogens is 4. The van der Waals surface area contributed by atoms with Crippen LogP contribution in [0.1, 0.15) is 21.9 Å². The number of benzene rings is 2. The normalized spacial score (nSPS) is 11.4. The zero-order valence-corrected chi connectivity index (χ0v) is 18.7. The van der Waals surface area contributed by atoms with Crippen molar-refractivity contribution in [3.63, 3.8) is 0 Å². The summed E-state index contributed by atoms with van der Waals surface area (Å²) in [4.78, 5) is 15.2. The molecule has 1 N–H and O–H groups in total. The molecule has 4 aromatic rings. The fourth-order valence-electron chi connectivity index (χ4n) is 3.10. The minimum atomic E-state index is -4.51. The number of carbonyl (C=O) groups is 1. The number of aromatic amines is 1. The van der Waals surface area contributed by atoms with Crippen LogP contribution >= 0.6 is 11.8 Å². The molecule has 7 nitrogen and oxygen atoms in total. The summed E-state index contributed by atoms with van der Waals surface area (Å²) in [5.74, 6) is 1.31. The van der Waals surface area contributed by atoms with Crippen molar-refractivity contribution in [1.29, 1.82) is 0 Å². The number of nitrogens with one attached hydrogen (secondary N) is 1. The summed E-state index contributed by atoms with van der Waals surface area (Å²) in [5.41, 5.74) is -0.164. The van der Waals surface area contributed by atoms with Crippen LogP contribution in [0.25, 0.3) is 5.69 Å². The van der Waals surface area contributed by atoms with Crippen LogP contribution < -0.4 is 9.47 Å². The quantitative estimate of drug-likeness (QED) is 0.258. The van der Waals surface area contributed by atoms with Crippen molar-refractivity contribution in [3.05, 3.63) is 83.9 Å². The first-order chi connectivity index (χ1) is 16.3. The molecule has 0 spiro atoms. The molecule has 34 heavy (non-hydrogen) atoms. The molecule has 0 saturated heterocycles. The fourth-order valence-corrected chi connectivity index (χ4v) is 3.95. The highest BCUT2D eigenvalue weighted by Gasteiger charge is 2.31. The second-order valence-corrected chi connectivity index (χ2v) is 7.98. The van der Waals surface area contributed by atoms with Crippen molar-refractivity contribution in [1.82, 2.24) is 19.7 Å². The van der Waals surface area contributed by atoms with E-state index in [1.165, 1.54) is 16.7 Å². The number of hydrogen-bond acceptors (Lipinski definition) is 6. The lowest BCUT2D eigenvalue weighted by atomic mass is 10.2. The summed E-state index contributed by atoms with van der Waals surface area (Å²) in [7, 11) is 1.55. The molecular weight excluding hydrogens is 469 g/mol. The molecule has 11 heteroatoms. The predicted octanol–water partition coefficient (Wildman–Crippen LogP) is 5.18. The Morgan fingerprint density at radius 2 is 1.82 bits per heavy atom. The van der Waals surface area contributed by atoms with Crippen LogP contribution in [0.3, 0.4) is 0 Å². The maximum absolute atomic E-state index is 13.3. The van der Waals surface area contributed by atoms with Crippen LogP contribution in [0.15, 0.2) is 72.0 Å². The summed E-state index contributed by atoms with van der Waals surface area (Å²) in [5, 5.41) is 8.50. The monoisotopic (exact) mass is 488 g/mol. The third-order valence-corrected chi connectivity index (χ3v) is 5.72. The molecule has 2 heterocycles. The maximum Gasteiger partial charge on any atom is 0.416 e. The van der Waals surface area contributed by atoms with E-state index in [0.29, 0.717) is 17.2 Å². The molecule has 0 bridgehead atoms. The van der Waals surface area contributed by atoms with Gasteiger partial charge in [-0.15, -0.1) is 10.2 Å². The van der Waals surface area contributed by atoms with Gasteiger partial charge in [-0.3, -0.25) is 9.36 Å². The molecular formula is C23H19F3N4O3S. The Morgan fingerprint density at radius 1 is 1.06 bits per heavy atom. The number of ketones is 1. The Labute approximate surface area is 196 Å². The molecule has 0 fully saturated rings. The molecule has 0 aliphatic carbocycles. The van der Waals surface area contributed by atoms with Crippen molar-refractivity contribution in [2.45, 2.75) is 17.9 Å². The van der Waals surface area contributed by atoms with E-state index in [2.05, 4.69) is 15.2 Å². The van der Waals surface area contributed by atoms with Crippen LogP contribution in [0.2, 0.25) is 0 Å². The van der Waals surface area contributed by atoms with Gasteiger partial charge in [0.25, 0.3) is 0 Å². The van der Waals surface area contributed by atoms with E-state index in [1.807, 2.05) is 0 Å². The Hall–Kier alpha value is -3.73. The number of alkyl halides is 3. The molecule has 0 aliphatic rings. The number of methoxy groups -OCH3 is 1. The zero-order valence-electron chi connectivity index (χ0n) is 17.9. The van der Waals surface area contributed by atoms with Crippen LogP contribution in [0.4, 0.5) is 13.2 Å². The zero-order chi connectivity index (χ0) is 24.1. The lowest BCUT2D eigenvalue weighted by molar-refractivity contribution is -0.137. The van der Waals surface area contributed by atoms with Gasteiger partial charge in [-0.2, -0.15) is 13.2 Å². The molecule has 0 aliphatic heterocycles.